The standard InChI is InChI=1S/C15H19BN2O3.C9H7BrN2O/c1-14(2)15(3,4)21-16(20-14)11-6-5-10(13(17)19)12-9(11)7-8-18-12;10-7-2-1-6(9(11)13)8-5(7)3-4-12-8/h5-8,18H,1-4H3,(H2,17,19);1-4,12H,(H2,11,13). The van der Waals surface area contributed by atoms with Crippen LogP contribution in [0.4, 0.5) is 0 Å². The molecule has 1 saturated heterocycles. The van der Waals surface area contributed by atoms with Gasteiger partial charge < -0.3 is 30.7 Å². The molecular formula is C24H26BBrN4O4. The number of halogens is 1. The minimum atomic E-state index is -0.463. The zero-order valence-corrected chi connectivity index (χ0v) is 20.9. The van der Waals surface area contributed by atoms with Gasteiger partial charge in [0.05, 0.1) is 33.4 Å². The van der Waals surface area contributed by atoms with E-state index in [4.69, 9.17) is 20.8 Å². The van der Waals surface area contributed by atoms with Gasteiger partial charge in [-0.3, -0.25) is 9.59 Å². The summed E-state index contributed by atoms with van der Waals surface area (Å²) in [5.41, 5.74) is 13.2. The molecule has 1 aliphatic rings. The predicted molar refractivity (Wildman–Crippen MR) is 137 cm³/mol. The molecule has 1 aliphatic heterocycles. The number of hydrogen-bond acceptors (Lipinski definition) is 4. The molecule has 0 aliphatic carbocycles. The summed E-state index contributed by atoms with van der Waals surface area (Å²) in [4.78, 5) is 28.5. The number of H-pyrrole nitrogens is 2. The molecule has 5 rings (SSSR count). The number of fused-ring (bicyclic) bond motifs is 2. The third-order valence-corrected chi connectivity index (χ3v) is 7.16. The van der Waals surface area contributed by atoms with Crippen molar-refractivity contribution in [1.29, 1.82) is 0 Å². The number of aromatic nitrogens is 2. The summed E-state index contributed by atoms with van der Waals surface area (Å²) in [7, 11) is -0.463. The lowest BCUT2D eigenvalue weighted by Gasteiger charge is -2.32. The second-order valence-electron chi connectivity index (χ2n) is 9.15. The minimum Gasteiger partial charge on any atom is -0.399 e. The Labute approximate surface area is 205 Å². The Morgan fingerprint density at radius 3 is 1.79 bits per heavy atom. The first-order chi connectivity index (χ1) is 15.9. The smallest absolute Gasteiger partial charge is 0.399 e. The maximum atomic E-state index is 11.5. The van der Waals surface area contributed by atoms with Gasteiger partial charge in [0, 0.05) is 22.3 Å². The minimum absolute atomic E-state index is 0.400. The molecule has 0 radical (unpaired) electrons. The largest absolute Gasteiger partial charge is 0.495 e. The molecule has 0 unspecified atom stereocenters. The maximum Gasteiger partial charge on any atom is 0.495 e. The predicted octanol–water partition coefficient (Wildman–Crippen LogP) is 3.60. The first kappa shape index (κ1) is 24.1. The highest BCUT2D eigenvalue weighted by Crippen LogP contribution is 2.37. The second-order valence-corrected chi connectivity index (χ2v) is 10.0. The Balaban J connectivity index is 0.000000180. The highest BCUT2D eigenvalue weighted by atomic mass is 79.9. The molecule has 0 atom stereocenters. The highest BCUT2D eigenvalue weighted by molar-refractivity contribution is 9.10. The van der Waals surface area contributed by atoms with Crippen molar-refractivity contribution in [3.63, 3.8) is 0 Å². The molecule has 34 heavy (non-hydrogen) atoms. The molecule has 1 fully saturated rings. The van der Waals surface area contributed by atoms with Crippen molar-refractivity contribution in [3.05, 3.63) is 64.4 Å². The number of nitrogens with two attached hydrogens (primary N) is 2. The van der Waals surface area contributed by atoms with E-state index in [9.17, 15) is 9.59 Å². The molecule has 0 bridgehead atoms. The van der Waals surface area contributed by atoms with Crippen molar-refractivity contribution in [3.8, 4) is 0 Å². The quantitative estimate of drug-likeness (QED) is 0.304. The van der Waals surface area contributed by atoms with Crippen LogP contribution in [-0.2, 0) is 9.31 Å². The third kappa shape index (κ3) is 4.13. The van der Waals surface area contributed by atoms with Gasteiger partial charge in [-0.1, -0.05) is 22.0 Å². The molecule has 10 heteroatoms. The third-order valence-electron chi connectivity index (χ3n) is 6.46. The summed E-state index contributed by atoms with van der Waals surface area (Å²) in [6.07, 6.45) is 3.56. The zero-order chi connectivity index (χ0) is 24.8. The SMILES string of the molecule is CC1(C)OB(c2ccc(C(N)=O)c3[nH]ccc23)OC1(C)C.NC(=O)c1ccc(Br)c2cc[nH]c12. The normalized spacial score (nSPS) is 16.4. The monoisotopic (exact) mass is 524 g/mol. The van der Waals surface area contributed by atoms with Gasteiger partial charge in [-0.2, -0.15) is 0 Å². The Hall–Kier alpha value is -3.08. The fraction of sp³-hybridized carbons (Fsp3) is 0.250. The van der Waals surface area contributed by atoms with E-state index < -0.39 is 30.1 Å². The number of benzene rings is 2. The molecule has 8 nitrogen and oxygen atoms in total. The van der Waals surface area contributed by atoms with E-state index in [0.29, 0.717) is 11.1 Å². The number of amides is 2. The number of nitrogens with one attached hydrogen (secondary N) is 2. The van der Waals surface area contributed by atoms with Gasteiger partial charge >= 0.3 is 7.12 Å². The topological polar surface area (TPSA) is 136 Å². The molecule has 2 aromatic carbocycles. The van der Waals surface area contributed by atoms with Crippen molar-refractivity contribution in [2.24, 2.45) is 11.5 Å². The number of primary amides is 2. The molecule has 3 heterocycles. The van der Waals surface area contributed by atoms with Crippen LogP contribution in [0.2, 0.25) is 0 Å². The Bertz CT molecular complexity index is 1390. The van der Waals surface area contributed by atoms with Crippen LogP contribution in [0.5, 0.6) is 0 Å². The van der Waals surface area contributed by atoms with Crippen molar-refractivity contribution in [1.82, 2.24) is 9.97 Å². The van der Waals surface area contributed by atoms with Crippen LogP contribution >= 0.6 is 15.9 Å². The van der Waals surface area contributed by atoms with E-state index in [1.165, 1.54) is 0 Å². The number of aromatic amines is 2. The molecule has 176 valence electrons. The molecule has 4 aromatic rings. The lowest BCUT2D eigenvalue weighted by Crippen LogP contribution is -2.41. The van der Waals surface area contributed by atoms with E-state index in [2.05, 4.69) is 25.9 Å². The number of carbonyl (C=O) groups is 2. The Kier molecular flexibility index (Phi) is 6.09. The lowest BCUT2D eigenvalue weighted by molar-refractivity contribution is 0.00578. The van der Waals surface area contributed by atoms with Crippen LogP contribution < -0.4 is 16.9 Å². The van der Waals surface area contributed by atoms with Gasteiger partial charge in [-0.15, -0.1) is 0 Å². The number of rotatable bonds is 3. The van der Waals surface area contributed by atoms with Crippen LogP contribution in [0.15, 0.2) is 53.3 Å². The van der Waals surface area contributed by atoms with Gasteiger partial charge in [-0.25, -0.2) is 0 Å². The fourth-order valence-corrected chi connectivity index (χ4v) is 4.35. The van der Waals surface area contributed by atoms with Gasteiger partial charge in [-0.05, 0) is 68.9 Å². The Morgan fingerprint density at radius 2 is 1.26 bits per heavy atom. The highest BCUT2D eigenvalue weighted by Gasteiger charge is 2.52. The molecule has 6 N–H and O–H groups in total. The summed E-state index contributed by atoms with van der Waals surface area (Å²) in [6.45, 7) is 8.05. The average molecular weight is 525 g/mol. The van der Waals surface area contributed by atoms with Crippen LogP contribution in [-0.4, -0.2) is 40.1 Å². The van der Waals surface area contributed by atoms with E-state index in [1.807, 2.05) is 52.0 Å². The molecular weight excluding hydrogens is 499 g/mol. The summed E-state index contributed by atoms with van der Waals surface area (Å²) >= 11 is 3.39. The van der Waals surface area contributed by atoms with Crippen LogP contribution in [0, 0.1) is 0 Å². The van der Waals surface area contributed by atoms with Gasteiger partial charge in [0.25, 0.3) is 11.8 Å². The molecule has 2 amide bonds. The fourth-order valence-electron chi connectivity index (χ4n) is 3.89. The van der Waals surface area contributed by atoms with Crippen molar-refractivity contribution < 1.29 is 18.9 Å². The average Bonchev–Trinajstić information content (AvgIpc) is 3.46. The number of hydrogen-bond donors (Lipinski definition) is 4. The van der Waals surface area contributed by atoms with Gasteiger partial charge in [0.15, 0.2) is 0 Å². The van der Waals surface area contributed by atoms with Gasteiger partial charge in [0.1, 0.15) is 0 Å². The zero-order valence-electron chi connectivity index (χ0n) is 19.4. The van der Waals surface area contributed by atoms with Crippen molar-refractivity contribution in [2.45, 2.75) is 38.9 Å². The van der Waals surface area contributed by atoms with E-state index in [1.54, 1.807) is 24.5 Å². The molecule has 2 aromatic heterocycles. The van der Waals surface area contributed by atoms with E-state index >= 15 is 0 Å². The van der Waals surface area contributed by atoms with Crippen LogP contribution in [0.25, 0.3) is 21.8 Å². The summed E-state index contributed by atoms with van der Waals surface area (Å²) < 4.78 is 13.1. The first-order valence-corrected chi connectivity index (χ1v) is 11.5. The second kappa shape index (κ2) is 8.61. The Morgan fingerprint density at radius 1 is 0.794 bits per heavy atom. The maximum absolute atomic E-state index is 11.5. The lowest BCUT2D eigenvalue weighted by atomic mass is 9.76. The van der Waals surface area contributed by atoms with Crippen LogP contribution in [0.1, 0.15) is 48.4 Å². The van der Waals surface area contributed by atoms with E-state index in [0.717, 1.165) is 31.7 Å². The van der Waals surface area contributed by atoms with Crippen molar-refractivity contribution >= 4 is 62.1 Å². The molecule has 0 spiro atoms. The molecule has 0 saturated carbocycles. The van der Waals surface area contributed by atoms with Crippen molar-refractivity contribution in [2.75, 3.05) is 0 Å². The summed E-state index contributed by atoms with van der Waals surface area (Å²) in [6, 6.07) is 10.9. The van der Waals surface area contributed by atoms with Gasteiger partial charge in [0.2, 0.25) is 0 Å². The summed E-state index contributed by atoms with van der Waals surface area (Å²) in [5, 5.41) is 1.86. The van der Waals surface area contributed by atoms with E-state index in [-0.39, 0.29) is 0 Å². The summed E-state index contributed by atoms with van der Waals surface area (Å²) in [5.74, 6) is -0.872. The van der Waals surface area contributed by atoms with Crippen LogP contribution in [0.3, 0.4) is 0 Å². The first-order valence-electron chi connectivity index (χ1n) is 10.7. The number of carbonyl (C=O) groups excluding carboxylic acids is 2.